The molecule has 0 saturated carbocycles. The maximum atomic E-state index is 12.1. The van der Waals surface area contributed by atoms with Crippen molar-refractivity contribution in [3.63, 3.8) is 0 Å². The van der Waals surface area contributed by atoms with Crippen molar-refractivity contribution in [2.75, 3.05) is 49.6 Å². The Hall–Kier alpha value is -3.02. The lowest BCUT2D eigenvalue weighted by Crippen LogP contribution is -2.46. The number of hydrogen-bond acceptors (Lipinski definition) is 5. The number of nitrogens with zero attached hydrogens (tertiary/aromatic N) is 3. The standard InChI is InChI=1S/C20H24N4O2/c1-3-9-22-20(25)16-8-10-21-19(15-16)24-13-11-23(12-14-24)17-4-6-18(26-2)7-5-17/h3-8,10,15H,1,9,11-14H2,2H3,(H,22,25). The van der Waals surface area contributed by atoms with Crippen LogP contribution in [-0.4, -0.2) is 50.7 Å². The molecule has 1 fully saturated rings. The summed E-state index contributed by atoms with van der Waals surface area (Å²) in [7, 11) is 1.67. The van der Waals surface area contributed by atoms with E-state index in [9.17, 15) is 4.79 Å². The average Bonchev–Trinajstić information content (AvgIpc) is 2.72. The highest BCUT2D eigenvalue weighted by Crippen LogP contribution is 2.22. The molecule has 1 N–H and O–H groups in total. The molecule has 1 aliphatic rings. The number of pyridine rings is 1. The highest BCUT2D eigenvalue weighted by Gasteiger charge is 2.19. The summed E-state index contributed by atoms with van der Waals surface area (Å²) in [5.74, 6) is 1.60. The van der Waals surface area contributed by atoms with Crippen molar-refractivity contribution < 1.29 is 9.53 Å². The van der Waals surface area contributed by atoms with Crippen molar-refractivity contribution in [2.24, 2.45) is 0 Å². The van der Waals surface area contributed by atoms with E-state index in [0.29, 0.717) is 12.1 Å². The molecular formula is C20H24N4O2. The number of piperazine rings is 1. The number of anilines is 2. The van der Waals surface area contributed by atoms with E-state index in [1.165, 1.54) is 5.69 Å². The first-order valence-corrected chi connectivity index (χ1v) is 8.70. The fourth-order valence-corrected chi connectivity index (χ4v) is 2.99. The van der Waals surface area contributed by atoms with Gasteiger partial charge < -0.3 is 19.9 Å². The van der Waals surface area contributed by atoms with E-state index < -0.39 is 0 Å². The lowest BCUT2D eigenvalue weighted by Gasteiger charge is -2.36. The van der Waals surface area contributed by atoms with E-state index in [2.05, 4.69) is 38.8 Å². The second-order valence-corrected chi connectivity index (χ2v) is 6.07. The summed E-state index contributed by atoms with van der Waals surface area (Å²) in [4.78, 5) is 21.1. The SMILES string of the molecule is C=CCNC(=O)c1ccnc(N2CCN(c3ccc(OC)cc3)CC2)c1. The summed E-state index contributed by atoms with van der Waals surface area (Å²) >= 11 is 0. The summed E-state index contributed by atoms with van der Waals surface area (Å²) in [6.07, 6.45) is 3.35. The zero-order chi connectivity index (χ0) is 18.4. The molecular weight excluding hydrogens is 328 g/mol. The molecule has 2 heterocycles. The van der Waals surface area contributed by atoms with Crippen LogP contribution >= 0.6 is 0 Å². The van der Waals surface area contributed by atoms with Crippen LogP contribution < -0.4 is 19.9 Å². The van der Waals surface area contributed by atoms with Crippen LogP contribution in [0.1, 0.15) is 10.4 Å². The molecule has 0 aliphatic carbocycles. The number of rotatable bonds is 6. The number of carbonyl (C=O) groups excluding carboxylic acids is 1. The van der Waals surface area contributed by atoms with Gasteiger partial charge in [-0.05, 0) is 36.4 Å². The Labute approximate surface area is 154 Å². The summed E-state index contributed by atoms with van der Waals surface area (Å²) in [6.45, 7) is 7.59. The molecule has 6 heteroatoms. The van der Waals surface area contributed by atoms with Gasteiger partial charge in [-0.15, -0.1) is 6.58 Å². The predicted molar refractivity (Wildman–Crippen MR) is 104 cm³/mol. The zero-order valence-corrected chi connectivity index (χ0v) is 15.0. The molecule has 0 unspecified atom stereocenters. The molecule has 1 aliphatic heterocycles. The molecule has 0 atom stereocenters. The quantitative estimate of drug-likeness (QED) is 0.809. The number of methoxy groups -OCH3 is 1. The number of ether oxygens (including phenoxy) is 1. The Balaban J connectivity index is 1.62. The minimum Gasteiger partial charge on any atom is -0.497 e. The van der Waals surface area contributed by atoms with E-state index in [0.717, 1.165) is 37.7 Å². The number of hydrogen-bond donors (Lipinski definition) is 1. The molecule has 0 spiro atoms. The van der Waals surface area contributed by atoms with Crippen LogP contribution in [0.5, 0.6) is 5.75 Å². The third-order valence-electron chi connectivity index (χ3n) is 4.46. The summed E-state index contributed by atoms with van der Waals surface area (Å²) in [5, 5.41) is 2.79. The van der Waals surface area contributed by atoms with Gasteiger partial charge in [-0.3, -0.25) is 4.79 Å². The van der Waals surface area contributed by atoms with E-state index in [1.54, 1.807) is 25.4 Å². The maximum Gasteiger partial charge on any atom is 0.251 e. The topological polar surface area (TPSA) is 57.7 Å². The molecule has 136 valence electrons. The third kappa shape index (κ3) is 4.14. The highest BCUT2D eigenvalue weighted by molar-refractivity contribution is 5.94. The Kier molecular flexibility index (Phi) is 5.73. The summed E-state index contributed by atoms with van der Waals surface area (Å²) < 4.78 is 5.21. The molecule has 0 bridgehead atoms. The minimum absolute atomic E-state index is 0.106. The van der Waals surface area contributed by atoms with E-state index in [4.69, 9.17) is 4.74 Å². The molecule has 26 heavy (non-hydrogen) atoms. The van der Waals surface area contributed by atoms with Gasteiger partial charge in [0, 0.05) is 50.2 Å². The molecule has 1 saturated heterocycles. The molecule has 1 aromatic carbocycles. The highest BCUT2D eigenvalue weighted by atomic mass is 16.5. The Morgan fingerprint density at radius 1 is 1.19 bits per heavy atom. The van der Waals surface area contributed by atoms with Gasteiger partial charge in [-0.1, -0.05) is 6.08 Å². The third-order valence-corrected chi connectivity index (χ3v) is 4.46. The van der Waals surface area contributed by atoms with Crippen molar-refractivity contribution in [1.82, 2.24) is 10.3 Å². The zero-order valence-electron chi connectivity index (χ0n) is 15.0. The van der Waals surface area contributed by atoms with Gasteiger partial charge in [0.25, 0.3) is 5.91 Å². The molecule has 6 nitrogen and oxygen atoms in total. The Bertz CT molecular complexity index is 753. The van der Waals surface area contributed by atoms with Crippen LogP contribution in [0.2, 0.25) is 0 Å². The van der Waals surface area contributed by atoms with Crippen LogP contribution in [0.25, 0.3) is 0 Å². The number of aromatic nitrogens is 1. The van der Waals surface area contributed by atoms with Gasteiger partial charge in [0.1, 0.15) is 11.6 Å². The lowest BCUT2D eigenvalue weighted by atomic mass is 10.2. The van der Waals surface area contributed by atoms with Crippen LogP contribution in [0.4, 0.5) is 11.5 Å². The van der Waals surface area contributed by atoms with Crippen LogP contribution in [0, 0.1) is 0 Å². The molecule has 0 radical (unpaired) electrons. The first kappa shape index (κ1) is 17.8. The Morgan fingerprint density at radius 2 is 1.88 bits per heavy atom. The average molecular weight is 352 g/mol. The van der Waals surface area contributed by atoms with Gasteiger partial charge in [-0.25, -0.2) is 4.98 Å². The predicted octanol–water partition coefficient (Wildman–Crippen LogP) is 2.33. The summed E-state index contributed by atoms with van der Waals surface area (Å²) in [6, 6.07) is 11.7. The minimum atomic E-state index is -0.106. The van der Waals surface area contributed by atoms with Crippen molar-refractivity contribution in [3.05, 3.63) is 60.8 Å². The largest absolute Gasteiger partial charge is 0.497 e. The molecule has 3 rings (SSSR count). The van der Waals surface area contributed by atoms with Gasteiger partial charge in [0.2, 0.25) is 0 Å². The molecule has 2 aromatic rings. The maximum absolute atomic E-state index is 12.1. The molecule has 1 amide bonds. The van der Waals surface area contributed by atoms with E-state index in [-0.39, 0.29) is 5.91 Å². The van der Waals surface area contributed by atoms with Crippen molar-refractivity contribution in [1.29, 1.82) is 0 Å². The number of carbonyl (C=O) groups is 1. The lowest BCUT2D eigenvalue weighted by molar-refractivity contribution is 0.0958. The van der Waals surface area contributed by atoms with Gasteiger partial charge >= 0.3 is 0 Å². The smallest absolute Gasteiger partial charge is 0.251 e. The second-order valence-electron chi connectivity index (χ2n) is 6.07. The molecule has 1 aromatic heterocycles. The first-order chi connectivity index (χ1) is 12.7. The normalized spacial score (nSPS) is 14.0. The summed E-state index contributed by atoms with van der Waals surface area (Å²) in [5.41, 5.74) is 1.81. The number of amides is 1. The number of nitrogens with one attached hydrogen (secondary N) is 1. The first-order valence-electron chi connectivity index (χ1n) is 8.70. The fourth-order valence-electron chi connectivity index (χ4n) is 2.99. The second kappa shape index (κ2) is 8.38. The van der Waals surface area contributed by atoms with E-state index in [1.807, 2.05) is 18.2 Å². The Morgan fingerprint density at radius 3 is 2.54 bits per heavy atom. The monoisotopic (exact) mass is 352 g/mol. The van der Waals surface area contributed by atoms with Crippen LogP contribution in [0.3, 0.4) is 0 Å². The van der Waals surface area contributed by atoms with Crippen molar-refractivity contribution >= 4 is 17.4 Å². The van der Waals surface area contributed by atoms with E-state index >= 15 is 0 Å². The van der Waals surface area contributed by atoms with Gasteiger partial charge in [-0.2, -0.15) is 0 Å². The fraction of sp³-hybridized carbons (Fsp3) is 0.300. The van der Waals surface area contributed by atoms with Crippen molar-refractivity contribution in [3.8, 4) is 5.75 Å². The van der Waals surface area contributed by atoms with Crippen LogP contribution in [-0.2, 0) is 0 Å². The van der Waals surface area contributed by atoms with Gasteiger partial charge in [0.05, 0.1) is 7.11 Å². The van der Waals surface area contributed by atoms with Gasteiger partial charge in [0.15, 0.2) is 0 Å². The van der Waals surface area contributed by atoms with Crippen molar-refractivity contribution in [2.45, 2.75) is 0 Å². The van der Waals surface area contributed by atoms with Crippen LogP contribution in [0.15, 0.2) is 55.3 Å². The number of benzene rings is 1.